The van der Waals surface area contributed by atoms with Gasteiger partial charge in [0.15, 0.2) is 11.5 Å². The fourth-order valence-corrected chi connectivity index (χ4v) is 1.55. The number of hydrogen-bond donors (Lipinski definition) is 0. The molecule has 0 amide bonds. The molecule has 1 heterocycles. The van der Waals surface area contributed by atoms with Crippen LogP contribution in [0.5, 0.6) is 17.4 Å². The summed E-state index contributed by atoms with van der Waals surface area (Å²) in [6.45, 7) is 4.30. The van der Waals surface area contributed by atoms with E-state index in [9.17, 15) is 0 Å². The topological polar surface area (TPSA) is 44.2 Å². The molecule has 2 rings (SSSR count). The zero-order valence-corrected chi connectivity index (χ0v) is 10.9. The molecule has 0 saturated carbocycles. The summed E-state index contributed by atoms with van der Waals surface area (Å²) >= 11 is 5.92. The van der Waals surface area contributed by atoms with E-state index in [1.54, 1.807) is 6.92 Å². The molecule has 1 aromatic heterocycles. The molecule has 1 aromatic carbocycles. The molecule has 0 unspecified atom stereocenters. The molecule has 0 aliphatic carbocycles. The van der Waals surface area contributed by atoms with Crippen LogP contribution in [-0.4, -0.2) is 16.6 Å². The maximum absolute atomic E-state index is 5.92. The molecule has 0 N–H and O–H groups in total. The van der Waals surface area contributed by atoms with Crippen LogP contribution in [0.3, 0.4) is 0 Å². The first-order chi connectivity index (χ1) is 8.72. The van der Waals surface area contributed by atoms with E-state index in [4.69, 9.17) is 21.1 Å². The lowest BCUT2D eigenvalue weighted by molar-refractivity contribution is 0.319. The smallest absolute Gasteiger partial charge is 0.226 e. The van der Waals surface area contributed by atoms with Crippen molar-refractivity contribution in [3.05, 3.63) is 41.3 Å². The van der Waals surface area contributed by atoms with Crippen LogP contribution in [0, 0.1) is 6.92 Å². The second-order valence-corrected chi connectivity index (χ2v) is 3.93. The van der Waals surface area contributed by atoms with Crippen LogP contribution in [0.2, 0.25) is 5.15 Å². The van der Waals surface area contributed by atoms with Gasteiger partial charge in [-0.15, -0.1) is 0 Å². The van der Waals surface area contributed by atoms with E-state index < -0.39 is 0 Å². The normalized spacial score (nSPS) is 10.2. The molecular formula is C13H13ClN2O2. The Hall–Kier alpha value is -1.81. The Kier molecular flexibility index (Phi) is 3.99. The maximum atomic E-state index is 5.92. The molecule has 4 nitrogen and oxygen atoms in total. The van der Waals surface area contributed by atoms with E-state index in [0.717, 1.165) is 0 Å². The lowest BCUT2D eigenvalue weighted by atomic mass is 10.3. The summed E-state index contributed by atoms with van der Waals surface area (Å²) in [4.78, 5) is 7.95. The van der Waals surface area contributed by atoms with Gasteiger partial charge < -0.3 is 9.47 Å². The van der Waals surface area contributed by atoms with Gasteiger partial charge in [-0.2, -0.15) is 0 Å². The van der Waals surface area contributed by atoms with E-state index in [1.807, 2.05) is 31.2 Å². The number of nitrogens with zero attached hydrogens (tertiary/aromatic N) is 2. The highest BCUT2D eigenvalue weighted by Crippen LogP contribution is 2.32. The molecule has 0 bridgehead atoms. The van der Waals surface area contributed by atoms with Gasteiger partial charge in [0.25, 0.3) is 0 Å². The zero-order valence-electron chi connectivity index (χ0n) is 10.2. The largest absolute Gasteiger partial charge is 0.490 e. The molecule has 2 aromatic rings. The van der Waals surface area contributed by atoms with E-state index in [2.05, 4.69) is 9.97 Å². The average molecular weight is 265 g/mol. The van der Waals surface area contributed by atoms with Gasteiger partial charge in [0.2, 0.25) is 5.88 Å². The fraction of sp³-hybridized carbons (Fsp3) is 0.231. The molecule has 94 valence electrons. The second-order valence-electron chi connectivity index (χ2n) is 3.58. The van der Waals surface area contributed by atoms with E-state index in [1.165, 1.54) is 6.33 Å². The Morgan fingerprint density at radius 3 is 2.61 bits per heavy atom. The molecular weight excluding hydrogens is 252 g/mol. The molecule has 18 heavy (non-hydrogen) atoms. The minimum Gasteiger partial charge on any atom is -0.490 e. The van der Waals surface area contributed by atoms with Crippen LogP contribution in [0.4, 0.5) is 0 Å². The third-order valence-corrected chi connectivity index (χ3v) is 2.71. The maximum Gasteiger partial charge on any atom is 0.226 e. The molecule has 0 aliphatic rings. The van der Waals surface area contributed by atoms with Gasteiger partial charge in [-0.3, -0.25) is 0 Å². The van der Waals surface area contributed by atoms with Crippen molar-refractivity contribution in [3.63, 3.8) is 0 Å². The van der Waals surface area contributed by atoms with Gasteiger partial charge in [0.1, 0.15) is 11.5 Å². The average Bonchev–Trinajstić information content (AvgIpc) is 2.37. The van der Waals surface area contributed by atoms with Crippen LogP contribution in [0.1, 0.15) is 12.5 Å². The quantitative estimate of drug-likeness (QED) is 0.791. The first kappa shape index (κ1) is 12.6. The standard InChI is InChI=1S/C13H13ClN2O2/c1-3-17-10-6-4-5-7-11(10)18-13-9(2)12(14)15-8-16-13/h4-8H,3H2,1-2H3. The third kappa shape index (κ3) is 2.71. The zero-order chi connectivity index (χ0) is 13.0. The first-order valence-electron chi connectivity index (χ1n) is 5.59. The Morgan fingerprint density at radius 2 is 1.89 bits per heavy atom. The molecule has 5 heteroatoms. The van der Waals surface area contributed by atoms with Gasteiger partial charge in [0.05, 0.1) is 6.61 Å². The summed E-state index contributed by atoms with van der Waals surface area (Å²) in [5, 5.41) is 0.383. The number of benzene rings is 1. The summed E-state index contributed by atoms with van der Waals surface area (Å²) in [5.41, 5.74) is 0.700. The van der Waals surface area contributed by atoms with Crippen molar-refractivity contribution >= 4 is 11.6 Å². The molecule has 0 fully saturated rings. The number of ether oxygens (including phenoxy) is 2. The second kappa shape index (κ2) is 5.69. The van der Waals surface area contributed by atoms with Crippen molar-refractivity contribution in [1.29, 1.82) is 0 Å². The van der Waals surface area contributed by atoms with E-state index >= 15 is 0 Å². The predicted octanol–water partition coefficient (Wildman–Crippen LogP) is 3.63. The highest BCUT2D eigenvalue weighted by atomic mass is 35.5. The summed E-state index contributed by atoms with van der Waals surface area (Å²) in [5.74, 6) is 1.72. The van der Waals surface area contributed by atoms with Gasteiger partial charge in [-0.05, 0) is 26.0 Å². The summed E-state index contributed by atoms with van der Waals surface area (Å²) < 4.78 is 11.2. The van der Waals surface area contributed by atoms with E-state index in [0.29, 0.717) is 34.7 Å². The van der Waals surface area contributed by atoms with Crippen molar-refractivity contribution in [2.75, 3.05) is 6.61 Å². The number of halogens is 1. The molecule has 0 aliphatic heterocycles. The minimum absolute atomic E-state index is 0.383. The minimum atomic E-state index is 0.383. The predicted molar refractivity (Wildman–Crippen MR) is 69.5 cm³/mol. The molecule has 0 atom stereocenters. The van der Waals surface area contributed by atoms with Gasteiger partial charge >= 0.3 is 0 Å². The highest BCUT2D eigenvalue weighted by molar-refractivity contribution is 6.30. The van der Waals surface area contributed by atoms with Crippen LogP contribution in [0.25, 0.3) is 0 Å². The molecule has 0 spiro atoms. The monoisotopic (exact) mass is 264 g/mol. The van der Waals surface area contributed by atoms with Crippen LogP contribution in [0.15, 0.2) is 30.6 Å². The van der Waals surface area contributed by atoms with Crippen molar-refractivity contribution in [2.45, 2.75) is 13.8 Å². The Bertz CT molecular complexity index is 546. The van der Waals surface area contributed by atoms with Crippen LogP contribution in [-0.2, 0) is 0 Å². The Labute approximate surface area is 111 Å². The number of para-hydroxylation sites is 2. The van der Waals surface area contributed by atoms with Gasteiger partial charge in [-0.25, -0.2) is 9.97 Å². The van der Waals surface area contributed by atoms with Crippen LogP contribution < -0.4 is 9.47 Å². The lowest BCUT2D eigenvalue weighted by Gasteiger charge is -2.11. The van der Waals surface area contributed by atoms with Gasteiger partial charge in [-0.1, -0.05) is 23.7 Å². The fourth-order valence-electron chi connectivity index (χ4n) is 1.43. The SMILES string of the molecule is CCOc1ccccc1Oc1ncnc(Cl)c1C. The number of hydrogen-bond acceptors (Lipinski definition) is 4. The Morgan fingerprint density at radius 1 is 1.17 bits per heavy atom. The van der Waals surface area contributed by atoms with Crippen molar-refractivity contribution in [2.24, 2.45) is 0 Å². The lowest BCUT2D eigenvalue weighted by Crippen LogP contribution is -1.97. The van der Waals surface area contributed by atoms with Crippen molar-refractivity contribution < 1.29 is 9.47 Å². The summed E-state index contributed by atoms with van der Waals surface area (Å²) in [7, 11) is 0. The van der Waals surface area contributed by atoms with Crippen molar-refractivity contribution in [1.82, 2.24) is 9.97 Å². The van der Waals surface area contributed by atoms with Gasteiger partial charge in [0, 0.05) is 5.56 Å². The third-order valence-electron chi connectivity index (χ3n) is 2.33. The Balaban J connectivity index is 2.31. The summed E-state index contributed by atoms with van der Waals surface area (Å²) in [6.07, 6.45) is 1.37. The number of rotatable bonds is 4. The van der Waals surface area contributed by atoms with Crippen LogP contribution >= 0.6 is 11.6 Å². The molecule has 0 saturated heterocycles. The highest BCUT2D eigenvalue weighted by Gasteiger charge is 2.10. The number of aromatic nitrogens is 2. The summed E-state index contributed by atoms with van der Waals surface area (Å²) in [6, 6.07) is 7.42. The first-order valence-corrected chi connectivity index (χ1v) is 5.97. The van der Waals surface area contributed by atoms with E-state index in [-0.39, 0.29) is 0 Å². The molecule has 0 radical (unpaired) electrons. The van der Waals surface area contributed by atoms with Crippen molar-refractivity contribution in [3.8, 4) is 17.4 Å².